The van der Waals surface area contributed by atoms with Crippen LogP contribution in [0.3, 0.4) is 0 Å². The Hall–Kier alpha value is -6.00. The van der Waals surface area contributed by atoms with Gasteiger partial charge >= 0.3 is 12.1 Å². The fraction of sp³-hybridized carbons (Fsp3) is 0.115. The van der Waals surface area contributed by atoms with Crippen molar-refractivity contribution in [2.75, 3.05) is 5.32 Å². The Morgan fingerprint density at radius 1 is 0.860 bits per heavy atom. The van der Waals surface area contributed by atoms with Crippen molar-refractivity contribution >= 4 is 17.6 Å². The molecule has 4 heterocycles. The van der Waals surface area contributed by atoms with Crippen LogP contribution in [0.15, 0.2) is 80.0 Å². The molecule has 0 fully saturated rings. The zero-order valence-corrected chi connectivity index (χ0v) is 22.4. The maximum atomic E-state index is 10.6. The summed E-state index contributed by atoms with van der Waals surface area (Å²) >= 11 is 0. The number of aromatic nitrogens is 11. The minimum Gasteiger partial charge on any atom is -0.475 e. The number of anilines is 2. The van der Waals surface area contributed by atoms with E-state index in [1.165, 1.54) is 12.7 Å². The first-order valence-electron chi connectivity index (χ1n) is 12.3. The summed E-state index contributed by atoms with van der Waals surface area (Å²) in [5, 5.41) is 23.3. The minimum absolute atomic E-state index is 0.474. The number of nitrogens with zero attached hydrogens (tertiary/aromatic N) is 11. The van der Waals surface area contributed by atoms with E-state index in [-0.39, 0.29) is 0 Å². The number of benzene rings is 2. The van der Waals surface area contributed by atoms with E-state index in [0.717, 1.165) is 45.7 Å². The SMILES string of the molecule is Cc1nc(C)n(-c2ccc(Nc3nccc(-c4cc(-n5cncn5)cc(-n5cncn5)c4)n3)cc2)n1.O=C(O)C(F)(F)F. The molecule has 218 valence electrons. The van der Waals surface area contributed by atoms with Gasteiger partial charge in [0, 0.05) is 17.4 Å². The van der Waals surface area contributed by atoms with Gasteiger partial charge in [0.15, 0.2) is 0 Å². The van der Waals surface area contributed by atoms with Gasteiger partial charge in [0.1, 0.15) is 37.0 Å². The van der Waals surface area contributed by atoms with Crippen LogP contribution in [-0.4, -0.2) is 71.5 Å². The summed E-state index contributed by atoms with van der Waals surface area (Å²) in [7, 11) is 0. The summed E-state index contributed by atoms with van der Waals surface area (Å²) in [6.45, 7) is 3.80. The third kappa shape index (κ3) is 6.84. The molecule has 0 saturated carbocycles. The zero-order chi connectivity index (χ0) is 30.6. The normalized spacial score (nSPS) is 11.1. The van der Waals surface area contributed by atoms with E-state index in [2.05, 4.69) is 40.5 Å². The molecule has 6 rings (SSSR count). The van der Waals surface area contributed by atoms with Crippen LogP contribution >= 0.6 is 0 Å². The molecular formula is C26H21F3N12O2. The predicted octanol–water partition coefficient (Wildman–Crippen LogP) is 3.88. The lowest BCUT2D eigenvalue weighted by Gasteiger charge is -2.11. The molecule has 0 radical (unpaired) electrons. The molecule has 2 N–H and O–H groups in total. The van der Waals surface area contributed by atoms with Gasteiger partial charge in [-0.05, 0) is 62.4 Å². The van der Waals surface area contributed by atoms with Crippen molar-refractivity contribution in [3.05, 3.63) is 91.7 Å². The number of carboxylic acid groups (broad SMARTS) is 1. The number of nitrogens with one attached hydrogen (secondary N) is 1. The molecule has 2 aromatic carbocycles. The number of halogens is 3. The van der Waals surface area contributed by atoms with E-state index >= 15 is 0 Å². The molecule has 0 atom stereocenters. The molecule has 6 aromatic rings. The van der Waals surface area contributed by atoms with E-state index < -0.39 is 12.1 Å². The zero-order valence-electron chi connectivity index (χ0n) is 22.4. The second kappa shape index (κ2) is 11.9. The average Bonchev–Trinajstić information content (AvgIpc) is 3.76. The van der Waals surface area contributed by atoms with E-state index in [1.807, 2.05) is 67.1 Å². The Balaban J connectivity index is 0.000000472. The van der Waals surface area contributed by atoms with Gasteiger partial charge in [-0.15, -0.1) is 0 Å². The standard InChI is InChI=1S/C24H20N12.C2HF3O2/c1-16-30-17(2)36(33-16)20-5-3-19(4-6-20)31-24-27-8-7-23(32-24)18-9-21(34-14-25-12-28-34)11-22(10-18)35-15-26-13-29-35;3-2(4,5)1(6)7/h3-15H,1-2H3,(H,27,31,32);(H,6,7). The average molecular weight is 591 g/mol. The topological polar surface area (TPSA) is 167 Å². The van der Waals surface area contributed by atoms with Crippen LogP contribution in [0, 0.1) is 13.8 Å². The van der Waals surface area contributed by atoms with Crippen molar-refractivity contribution < 1.29 is 23.1 Å². The summed E-state index contributed by atoms with van der Waals surface area (Å²) in [4.78, 5) is 30.5. The molecule has 0 aliphatic carbocycles. The van der Waals surface area contributed by atoms with Gasteiger partial charge in [-0.2, -0.15) is 28.5 Å². The van der Waals surface area contributed by atoms with E-state index in [4.69, 9.17) is 14.9 Å². The Kier molecular flexibility index (Phi) is 7.86. The Morgan fingerprint density at radius 2 is 1.47 bits per heavy atom. The molecule has 0 spiro atoms. The molecule has 0 bridgehead atoms. The number of hydrogen-bond acceptors (Lipinski definition) is 10. The van der Waals surface area contributed by atoms with Crippen molar-refractivity contribution in [1.29, 1.82) is 0 Å². The van der Waals surface area contributed by atoms with Crippen LogP contribution in [0.5, 0.6) is 0 Å². The number of carbonyl (C=O) groups is 1. The highest BCUT2D eigenvalue weighted by Gasteiger charge is 2.38. The Labute approximate surface area is 240 Å². The molecule has 43 heavy (non-hydrogen) atoms. The van der Waals surface area contributed by atoms with Crippen LogP contribution in [-0.2, 0) is 4.79 Å². The Bertz CT molecular complexity index is 1780. The fourth-order valence-electron chi connectivity index (χ4n) is 3.85. The monoisotopic (exact) mass is 590 g/mol. The molecule has 0 saturated heterocycles. The van der Waals surface area contributed by atoms with Gasteiger partial charge in [0.2, 0.25) is 5.95 Å². The van der Waals surface area contributed by atoms with Gasteiger partial charge in [0.05, 0.1) is 22.8 Å². The second-order valence-corrected chi connectivity index (χ2v) is 8.78. The van der Waals surface area contributed by atoms with Gasteiger partial charge in [-0.1, -0.05) is 0 Å². The largest absolute Gasteiger partial charge is 0.490 e. The van der Waals surface area contributed by atoms with Gasteiger partial charge in [0.25, 0.3) is 0 Å². The summed E-state index contributed by atoms with van der Waals surface area (Å²) in [6, 6.07) is 15.6. The molecule has 0 aliphatic heterocycles. The first kappa shape index (κ1) is 28.5. The maximum Gasteiger partial charge on any atom is 0.490 e. The molecule has 0 aliphatic rings. The van der Waals surface area contributed by atoms with Crippen molar-refractivity contribution in [2.24, 2.45) is 0 Å². The van der Waals surface area contributed by atoms with Crippen molar-refractivity contribution in [3.8, 4) is 28.3 Å². The molecule has 14 nitrogen and oxygen atoms in total. The van der Waals surface area contributed by atoms with Crippen LogP contribution in [0.1, 0.15) is 11.6 Å². The highest BCUT2D eigenvalue weighted by molar-refractivity contribution is 5.73. The quantitative estimate of drug-likeness (QED) is 0.289. The summed E-state index contributed by atoms with van der Waals surface area (Å²) in [5.41, 5.74) is 5.02. The molecular weight excluding hydrogens is 569 g/mol. The smallest absolute Gasteiger partial charge is 0.475 e. The fourth-order valence-corrected chi connectivity index (χ4v) is 3.85. The van der Waals surface area contributed by atoms with Crippen LogP contribution in [0.2, 0.25) is 0 Å². The van der Waals surface area contributed by atoms with Gasteiger partial charge in [-0.3, -0.25) is 0 Å². The molecule has 4 aromatic heterocycles. The molecule has 0 unspecified atom stereocenters. The lowest BCUT2D eigenvalue weighted by atomic mass is 10.1. The number of aryl methyl sites for hydroxylation is 2. The number of hydrogen-bond donors (Lipinski definition) is 2. The van der Waals surface area contributed by atoms with Crippen molar-refractivity contribution in [1.82, 2.24) is 54.3 Å². The second-order valence-electron chi connectivity index (χ2n) is 8.78. The summed E-state index contributed by atoms with van der Waals surface area (Å²) in [6.07, 6.45) is 2.90. The Morgan fingerprint density at radius 3 is 1.95 bits per heavy atom. The van der Waals surface area contributed by atoms with Gasteiger partial charge < -0.3 is 10.4 Å². The van der Waals surface area contributed by atoms with Crippen LogP contribution in [0.4, 0.5) is 24.8 Å². The number of aliphatic carboxylic acids is 1. The summed E-state index contributed by atoms with van der Waals surface area (Å²) < 4.78 is 36.9. The van der Waals surface area contributed by atoms with E-state index in [0.29, 0.717) is 5.95 Å². The minimum atomic E-state index is -5.08. The molecule has 0 amide bonds. The first-order valence-corrected chi connectivity index (χ1v) is 12.3. The van der Waals surface area contributed by atoms with E-state index in [9.17, 15) is 13.2 Å². The number of alkyl halides is 3. The lowest BCUT2D eigenvalue weighted by molar-refractivity contribution is -0.192. The third-order valence-corrected chi connectivity index (χ3v) is 5.71. The highest BCUT2D eigenvalue weighted by atomic mass is 19.4. The number of rotatable bonds is 6. The van der Waals surface area contributed by atoms with Gasteiger partial charge in [-0.25, -0.2) is 43.8 Å². The van der Waals surface area contributed by atoms with Crippen LogP contribution < -0.4 is 5.32 Å². The van der Waals surface area contributed by atoms with E-state index in [1.54, 1.807) is 28.2 Å². The predicted molar refractivity (Wildman–Crippen MR) is 145 cm³/mol. The molecule has 17 heteroatoms. The number of carboxylic acids is 1. The summed E-state index contributed by atoms with van der Waals surface area (Å²) in [5.74, 6) is -0.712. The van der Waals surface area contributed by atoms with Crippen molar-refractivity contribution in [3.63, 3.8) is 0 Å². The lowest BCUT2D eigenvalue weighted by Crippen LogP contribution is -2.21. The maximum absolute atomic E-state index is 10.6. The highest BCUT2D eigenvalue weighted by Crippen LogP contribution is 2.26. The third-order valence-electron chi connectivity index (χ3n) is 5.71. The van der Waals surface area contributed by atoms with Crippen LogP contribution in [0.25, 0.3) is 28.3 Å². The van der Waals surface area contributed by atoms with Crippen molar-refractivity contribution in [2.45, 2.75) is 20.0 Å². The first-order chi connectivity index (χ1) is 20.6.